The molecule has 2 aliphatic heterocycles. The molecule has 2 saturated heterocycles. The molecule has 6 nitrogen and oxygen atoms in total. The third-order valence-electron chi connectivity index (χ3n) is 4.77. The zero-order chi connectivity index (χ0) is 19.7. The number of ether oxygens (including phenoxy) is 4. The second-order valence-corrected chi connectivity index (χ2v) is 7.61. The summed E-state index contributed by atoms with van der Waals surface area (Å²) in [5.41, 5.74) is 1.40. The van der Waals surface area contributed by atoms with Crippen molar-refractivity contribution >= 4 is 23.2 Å². The monoisotopic (exact) mass is 426 g/mol. The van der Waals surface area contributed by atoms with Crippen molar-refractivity contribution in [2.24, 2.45) is 0 Å². The number of aliphatic hydroxyl groups is 2. The lowest BCUT2D eigenvalue weighted by atomic mass is 10.0. The summed E-state index contributed by atoms with van der Waals surface area (Å²) < 4.78 is 23.7. The van der Waals surface area contributed by atoms with E-state index in [-0.39, 0.29) is 13.2 Å². The van der Waals surface area contributed by atoms with Crippen LogP contribution in [-0.2, 0) is 18.9 Å². The predicted octanol–water partition coefficient (Wildman–Crippen LogP) is 3.24. The van der Waals surface area contributed by atoms with Crippen LogP contribution in [0.15, 0.2) is 48.5 Å². The van der Waals surface area contributed by atoms with Gasteiger partial charge < -0.3 is 29.2 Å². The molecule has 2 N–H and O–H groups in total. The van der Waals surface area contributed by atoms with Crippen molar-refractivity contribution in [1.29, 1.82) is 0 Å². The summed E-state index contributed by atoms with van der Waals surface area (Å²) in [5, 5.41) is 21.6. The topological polar surface area (TPSA) is 77.4 Å². The zero-order valence-corrected chi connectivity index (χ0v) is 16.3. The number of halogens is 2. The van der Waals surface area contributed by atoms with Crippen molar-refractivity contribution in [1.82, 2.24) is 0 Å². The van der Waals surface area contributed by atoms with E-state index >= 15 is 0 Å². The average molecular weight is 427 g/mol. The molecule has 28 heavy (non-hydrogen) atoms. The summed E-state index contributed by atoms with van der Waals surface area (Å²) >= 11 is 12.1. The fourth-order valence-electron chi connectivity index (χ4n) is 3.42. The molecule has 6 atom stereocenters. The molecule has 2 aromatic carbocycles. The number of hydrogen-bond donors (Lipinski definition) is 2. The van der Waals surface area contributed by atoms with Gasteiger partial charge in [0.1, 0.15) is 24.4 Å². The van der Waals surface area contributed by atoms with Crippen LogP contribution in [0.5, 0.6) is 0 Å². The molecule has 2 aromatic rings. The number of aliphatic hydroxyl groups excluding tert-OH is 2. The second-order valence-electron chi connectivity index (χ2n) is 6.73. The minimum Gasteiger partial charge on any atom is -0.394 e. The molecule has 0 bridgehead atoms. The van der Waals surface area contributed by atoms with Gasteiger partial charge in [-0.05, 0) is 24.3 Å². The molecule has 0 aliphatic carbocycles. The van der Waals surface area contributed by atoms with Crippen LogP contribution in [0.4, 0.5) is 0 Å². The van der Waals surface area contributed by atoms with Gasteiger partial charge in [-0.25, -0.2) is 0 Å². The maximum Gasteiger partial charge on any atom is 0.185 e. The Bertz CT molecular complexity index is 819. The third kappa shape index (κ3) is 4.20. The van der Waals surface area contributed by atoms with Gasteiger partial charge in [-0.15, -0.1) is 0 Å². The van der Waals surface area contributed by atoms with Crippen LogP contribution in [0.25, 0.3) is 0 Å². The van der Waals surface area contributed by atoms with Crippen LogP contribution in [0.2, 0.25) is 10.0 Å². The first-order valence-corrected chi connectivity index (χ1v) is 9.68. The molecule has 150 valence electrons. The third-order valence-corrected chi connectivity index (χ3v) is 5.24. The Kier molecular flexibility index (Phi) is 6.20. The lowest BCUT2D eigenvalue weighted by Gasteiger charge is -2.34. The number of hydrogen-bond acceptors (Lipinski definition) is 6. The van der Waals surface area contributed by atoms with Gasteiger partial charge in [-0.1, -0.05) is 47.5 Å². The van der Waals surface area contributed by atoms with E-state index in [1.807, 2.05) is 6.07 Å². The maximum atomic E-state index is 10.6. The summed E-state index contributed by atoms with van der Waals surface area (Å²) in [4.78, 5) is 0. The zero-order valence-electron chi connectivity index (χ0n) is 14.8. The molecular formula is C20H20Cl2O6. The lowest BCUT2D eigenvalue weighted by Crippen LogP contribution is -2.49. The van der Waals surface area contributed by atoms with Gasteiger partial charge in [0.25, 0.3) is 0 Å². The average Bonchev–Trinajstić information content (AvgIpc) is 3.12. The second kappa shape index (κ2) is 8.65. The summed E-state index contributed by atoms with van der Waals surface area (Å²) in [5.74, 6) is 0. The first-order chi connectivity index (χ1) is 13.5. The van der Waals surface area contributed by atoms with Gasteiger partial charge in [0.15, 0.2) is 12.6 Å². The molecule has 2 fully saturated rings. The molecule has 0 aromatic heterocycles. The van der Waals surface area contributed by atoms with Gasteiger partial charge in [-0.3, -0.25) is 0 Å². The molecule has 0 radical (unpaired) electrons. The molecule has 0 saturated carbocycles. The molecule has 8 heteroatoms. The summed E-state index contributed by atoms with van der Waals surface area (Å²) in [6.45, 7) is -0.359. The minimum absolute atomic E-state index is 0.0257. The fraction of sp³-hybridized carbons (Fsp3) is 0.400. The highest BCUT2D eigenvalue weighted by Crippen LogP contribution is 2.38. The smallest absolute Gasteiger partial charge is 0.185 e. The van der Waals surface area contributed by atoms with Gasteiger partial charge in [0.05, 0.1) is 13.2 Å². The van der Waals surface area contributed by atoms with Crippen LogP contribution in [0, 0.1) is 0 Å². The van der Waals surface area contributed by atoms with Gasteiger partial charge >= 0.3 is 0 Å². The van der Waals surface area contributed by atoms with Crippen LogP contribution in [0.1, 0.15) is 23.7 Å². The van der Waals surface area contributed by atoms with Crippen molar-refractivity contribution in [2.45, 2.75) is 37.0 Å². The van der Waals surface area contributed by atoms with E-state index in [0.717, 1.165) is 5.56 Å². The number of rotatable bonds is 3. The molecule has 2 heterocycles. The van der Waals surface area contributed by atoms with E-state index in [9.17, 15) is 10.2 Å². The van der Waals surface area contributed by atoms with Crippen LogP contribution >= 0.6 is 23.2 Å². The van der Waals surface area contributed by atoms with E-state index < -0.39 is 37.0 Å². The molecule has 2 aliphatic rings. The number of benzene rings is 2. The Labute approximate surface area is 172 Å². The molecule has 4 rings (SSSR count). The van der Waals surface area contributed by atoms with Gasteiger partial charge in [0.2, 0.25) is 0 Å². The van der Waals surface area contributed by atoms with Crippen LogP contribution in [-0.4, -0.2) is 47.8 Å². The van der Waals surface area contributed by atoms with Gasteiger partial charge in [0, 0.05) is 21.2 Å². The maximum absolute atomic E-state index is 10.6. The molecule has 0 spiro atoms. The van der Waals surface area contributed by atoms with Crippen molar-refractivity contribution in [3.05, 3.63) is 69.7 Å². The SMILES string of the molecule is OC[C@H]1OC(c2cccc(Cl)c2)OC[C@H](O)[C@@H]2OC(c3cccc(Cl)c3)O[C@H]21. The van der Waals surface area contributed by atoms with E-state index in [1.54, 1.807) is 42.5 Å². The summed E-state index contributed by atoms with van der Waals surface area (Å²) in [6.07, 6.45) is -4.68. The Balaban J connectivity index is 1.58. The Morgan fingerprint density at radius 1 is 0.857 bits per heavy atom. The predicted molar refractivity (Wildman–Crippen MR) is 102 cm³/mol. The Morgan fingerprint density at radius 3 is 2.07 bits per heavy atom. The van der Waals surface area contributed by atoms with Crippen molar-refractivity contribution in [3.8, 4) is 0 Å². The number of fused-ring (bicyclic) bond motifs is 1. The van der Waals surface area contributed by atoms with Crippen LogP contribution in [0.3, 0.4) is 0 Å². The van der Waals surface area contributed by atoms with E-state index in [1.165, 1.54) is 0 Å². The molecule has 0 amide bonds. The lowest BCUT2D eigenvalue weighted by molar-refractivity contribution is -0.239. The summed E-state index contributed by atoms with van der Waals surface area (Å²) in [7, 11) is 0. The normalized spacial score (nSPS) is 33.1. The molecular weight excluding hydrogens is 407 g/mol. The largest absolute Gasteiger partial charge is 0.394 e. The van der Waals surface area contributed by atoms with Crippen molar-refractivity contribution < 1.29 is 29.2 Å². The molecule has 2 unspecified atom stereocenters. The van der Waals surface area contributed by atoms with Crippen LogP contribution < -0.4 is 0 Å². The van der Waals surface area contributed by atoms with E-state index in [2.05, 4.69) is 0 Å². The van der Waals surface area contributed by atoms with E-state index in [4.69, 9.17) is 42.1 Å². The van der Waals surface area contributed by atoms with Crippen molar-refractivity contribution in [2.75, 3.05) is 13.2 Å². The standard InChI is InChI=1S/C20H20Cl2O6/c21-13-5-1-3-11(7-13)19-25-10-15(24)17-18(16(9-23)26-19)28-20(27-17)12-4-2-6-14(22)8-12/h1-8,15-20,23-24H,9-10H2/t15-,16+,17-,18-,19?,20?/m0/s1. The highest BCUT2D eigenvalue weighted by atomic mass is 35.5. The Hall–Kier alpha value is -1.22. The quantitative estimate of drug-likeness (QED) is 0.784. The van der Waals surface area contributed by atoms with E-state index in [0.29, 0.717) is 15.6 Å². The fourth-order valence-corrected chi connectivity index (χ4v) is 3.82. The minimum atomic E-state index is -0.964. The highest BCUT2D eigenvalue weighted by molar-refractivity contribution is 6.30. The van der Waals surface area contributed by atoms with Crippen molar-refractivity contribution in [3.63, 3.8) is 0 Å². The summed E-state index contributed by atoms with van der Waals surface area (Å²) in [6, 6.07) is 14.1. The Morgan fingerprint density at radius 2 is 1.46 bits per heavy atom. The first-order valence-electron chi connectivity index (χ1n) is 8.93. The highest BCUT2D eigenvalue weighted by Gasteiger charge is 2.47. The van der Waals surface area contributed by atoms with Gasteiger partial charge in [-0.2, -0.15) is 0 Å². The first kappa shape index (κ1) is 20.1.